The van der Waals surface area contributed by atoms with Crippen molar-refractivity contribution in [3.63, 3.8) is 0 Å². The minimum absolute atomic E-state index is 0.105. The molecule has 36 heavy (non-hydrogen) atoms. The van der Waals surface area contributed by atoms with Crippen molar-refractivity contribution in [3.05, 3.63) is 35.9 Å². The Morgan fingerprint density at radius 3 is 2.53 bits per heavy atom. The van der Waals surface area contributed by atoms with E-state index in [0.717, 1.165) is 5.56 Å². The molecule has 2 bridgehead atoms. The second-order valence-corrected chi connectivity index (χ2v) is 10.3. The lowest BCUT2D eigenvalue weighted by Crippen LogP contribution is -2.49. The number of nitrogens with one attached hydrogen (secondary N) is 1. The fourth-order valence-corrected chi connectivity index (χ4v) is 4.77. The highest BCUT2D eigenvalue weighted by Crippen LogP contribution is 2.31. The van der Waals surface area contributed by atoms with Crippen molar-refractivity contribution >= 4 is 23.8 Å². The highest BCUT2D eigenvalue weighted by molar-refractivity contribution is 5.91. The lowest BCUT2D eigenvalue weighted by molar-refractivity contribution is -0.143. The van der Waals surface area contributed by atoms with Gasteiger partial charge in [-0.3, -0.25) is 24.2 Å². The van der Waals surface area contributed by atoms with E-state index in [4.69, 9.17) is 14.4 Å². The number of benzene rings is 1. The maximum atomic E-state index is 12.9. The van der Waals surface area contributed by atoms with Crippen LogP contribution in [-0.2, 0) is 30.6 Å². The van der Waals surface area contributed by atoms with Gasteiger partial charge < -0.3 is 9.64 Å². The van der Waals surface area contributed by atoms with Crippen molar-refractivity contribution in [3.8, 4) is 0 Å². The Kier molecular flexibility index (Phi) is 7.79. The minimum Gasteiger partial charge on any atom is -0.444 e. The molecule has 3 heterocycles. The molecule has 4 rings (SSSR count). The minimum atomic E-state index is -0.721. The molecule has 3 aliphatic rings. The molecule has 0 aromatic heterocycles. The summed E-state index contributed by atoms with van der Waals surface area (Å²) in [7, 11) is 0. The smallest absolute Gasteiger partial charge is 0.410 e. The molecule has 3 atom stereocenters. The standard InChI is InChI=1S/C25H34N4O7/c1-25(2,3)36-24(33)27-13-7-10-20(27)22(31)26-34-16-21(30)19-12-11-18-14-28(19)23(32)29(18)35-15-17-8-5-4-6-9-17/h4-6,8-9,18-20H,7,10-16H2,1-3H3,(H,26,31)/t18?,19?,20-/m0/s1. The summed E-state index contributed by atoms with van der Waals surface area (Å²) in [4.78, 5) is 64.6. The molecule has 11 nitrogen and oxygen atoms in total. The van der Waals surface area contributed by atoms with Crippen molar-refractivity contribution in [1.29, 1.82) is 0 Å². The van der Waals surface area contributed by atoms with Gasteiger partial charge in [-0.1, -0.05) is 30.3 Å². The molecule has 196 valence electrons. The van der Waals surface area contributed by atoms with E-state index in [1.807, 2.05) is 30.3 Å². The van der Waals surface area contributed by atoms with Gasteiger partial charge in [-0.15, -0.1) is 0 Å². The molecular weight excluding hydrogens is 468 g/mol. The molecule has 1 aromatic carbocycles. The van der Waals surface area contributed by atoms with Gasteiger partial charge in [0, 0.05) is 13.1 Å². The van der Waals surface area contributed by atoms with E-state index >= 15 is 0 Å². The molecule has 0 spiro atoms. The number of fused-ring (bicyclic) bond motifs is 2. The number of nitrogens with zero attached hydrogens (tertiary/aromatic N) is 3. The third-order valence-electron chi connectivity index (χ3n) is 6.48. The number of piperidine rings is 1. The van der Waals surface area contributed by atoms with E-state index in [1.165, 1.54) is 14.9 Å². The molecule has 0 radical (unpaired) electrons. The molecule has 3 aliphatic heterocycles. The van der Waals surface area contributed by atoms with Crippen molar-refractivity contribution in [1.82, 2.24) is 20.3 Å². The summed E-state index contributed by atoms with van der Waals surface area (Å²) in [6, 6.07) is 7.76. The number of Topliss-reactive ketones (excluding diaryl/α,β-unsaturated/α-hetero) is 1. The van der Waals surface area contributed by atoms with Crippen LogP contribution in [0, 0.1) is 0 Å². The number of amides is 4. The summed E-state index contributed by atoms with van der Waals surface area (Å²) in [5, 5.41) is 1.37. The Balaban J connectivity index is 1.24. The first-order valence-corrected chi connectivity index (χ1v) is 12.3. The predicted octanol–water partition coefficient (Wildman–Crippen LogP) is 2.40. The topological polar surface area (TPSA) is 118 Å². The number of likely N-dealkylation sites (tertiary alicyclic amines) is 1. The number of carbonyl (C=O) groups excluding carboxylic acids is 4. The molecule has 0 aliphatic carbocycles. The lowest BCUT2D eigenvalue weighted by atomic mass is 9.98. The maximum Gasteiger partial charge on any atom is 0.410 e. The van der Waals surface area contributed by atoms with E-state index < -0.39 is 29.7 Å². The highest BCUT2D eigenvalue weighted by atomic mass is 16.7. The van der Waals surface area contributed by atoms with Gasteiger partial charge in [0.25, 0.3) is 5.91 Å². The van der Waals surface area contributed by atoms with Gasteiger partial charge in [-0.2, -0.15) is 5.06 Å². The van der Waals surface area contributed by atoms with Crippen molar-refractivity contribution < 1.29 is 33.6 Å². The van der Waals surface area contributed by atoms with Gasteiger partial charge in [0.1, 0.15) is 24.9 Å². The van der Waals surface area contributed by atoms with Gasteiger partial charge in [0.2, 0.25) is 0 Å². The van der Waals surface area contributed by atoms with E-state index in [0.29, 0.717) is 38.8 Å². The number of rotatable bonds is 8. The monoisotopic (exact) mass is 502 g/mol. The number of urea groups is 1. The van der Waals surface area contributed by atoms with Gasteiger partial charge >= 0.3 is 12.1 Å². The molecular formula is C25H34N4O7. The van der Waals surface area contributed by atoms with Crippen LogP contribution in [0.2, 0.25) is 0 Å². The molecule has 4 amide bonds. The van der Waals surface area contributed by atoms with Crippen LogP contribution in [0.25, 0.3) is 0 Å². The Morgan fingerprint density at radius 2 is 1.81 bits per heavy atom. The number of hydrogen-bond donors (Lipinski definition) is 1. The average Bonchev–Trinajstić information content (AvgIpc) is 3.41. The maximum absolute atomic E-state index is 12.9. The van der Waals surface area contributed by atoms with Crippen LogP contribution >= 0.6 is 0 Å². The van der Waals surface area contributed by atoms with Crippen molar-refractivity contribution in [2.24, 2.45) is 0 Å². The lowest BCUT2D eigenvalue weighted by Gasteiger charge is -2.29. The van der Waals surface area contributed by atoms with E-state index in [9.17, 15) is 19.2 Å². The van der Waals surface area contributed by atoms with Crippen LogP contribution in [0.15, 0.2) is 30.3 Å². The molecule has 1 aromatic rings. The third-order valence-corrected chi connectivity index (χ3v) is 6.48. The van der Waals surface area contributed by atoms with Gasteiger partial charge in [0.15, 0.2) is 5.78 Å². The Hall–Kier alpha value is -3.18. The zero-order chi connectivity index (χ0) is 25.9. The van der Waals surface area contributed by atoms with Crippen molar-refractivity contribution in [2.75, 3.05) is 19.7 Å². The van der Waals surface area contributed by atoms with Gasteiger partial charge in [-0.05, 0) is 52.0 Å². The number of carbonyl (C=O) groups is 4. The van der Waals surface area contributed by atoms with Crippen LogP contribution in [0.1, 0.15) is 52.0 Å². The fourth-order valence-electron chi connectivity index (χ4n) is 4.77. The first-order valence-electron chi connectivity index (χ1n) is 12.3. The van der Waals surface area contributed by atoms with E-state index in [1.54, 1.807) is 20.8 Å². The summed E-state index contributed by atoms with van der Waals surface area (Å²) < 4.78 is 5.37. The highest BCUT2D eigenvalue weighted by Gasteiger charge is 2.47. The third kappa shape index (κ3) is 5.96. The van der Waals surface area contributed by atoms with E-state index in [2.05, 4.69) is 5.48 Å². The largest absolute Gasteiger partial charge is 0.444 e. The van der Waals surface area contributed by atoms with Crippen LogP contribution in [-0.4, -0.2) is 82.1 Å². The van der Waals surface area contributed by atoms with Gasteiger partial charge in [0.05, 0.1) is 12.1 Å². The van der Waals surface area contributed by atoms with Crippen LogP contribution in [0.4, 0.5) is 9.59 Å². The zero-order valence-electron chi connectivity index (χ0n) is 21.0. The first-order chi connectivity index (χ1) is 17.1. The normalized spacial score (nSPS) is 23.7. The summed E-state index contributed by atoms with van der Waals surface area (Å²) in [6.07, 6.45) is 1.71. The number of ether oxygens (including phenoxy) is 1. The van der Waals surface area contributed by atoms with Crippen LogP contribution in [0.3, 0.4) is 0 Å². The van der Waals surface area contributed by atoms with Crippen LogP contribution in [0.5, 0.6) is 0 Å². The van der Waals surface area contributed by atoms with E-state index in [-0.39, 0.29) is 31.1 Å². The Morgan fingerprint density at radius 1 is 1.06 bits per heavy atom. The molecule has 2 unspecified atom stereocenters. The molecule has 1 N–H and O–H groups in total. The molecule has 3 fully saturated rings. The van der Waals surface area contributed by atoms with Gasteiger partial charge in [-0.25, -0.2) is 15.1 Å². The number of hydroxylamine groups is 3. The summed E-state index contributed by atoms with van der Waals surface area (Å²) in [5.74, 6) is -0.810. The number of ketones is 1. The SMILES string of the molecule is CC(C)(C)OC(=O)N1CCC[C@H]1C(=O)NOCC(=O)C1CCC2CN1C(=O)N2OCc1ccccc1. The predicted molar refractivity (Wildman–Crippen MR) is 127 cm³/mol. The summed E-state index contributed by atoms with van der Waals surface area (Å²) in [5.41, 5.74) is 2.58. The Bertz CT molecular complexity index is 980. The second-order valence-electron chi connectivity index (χ2n) is 10.3. The van der Waals surface area contributed by atoms with Crippen molar-refractivity contribution in [2.45, 2.75) is 76.8 Å². The fraction of sp³-hybridized carbons (Fsp3) is 0.600. The molecule has 11 heteroatoms. The average molecular weight is 503 g/mol. The quantitative estimate of drug-likeness (QED) is 0.543. The summed E-state index contributed by atoms with van der Waals surface area (Å²) >= 11 is 0. The molecule has 0 saturated carbocycles. The number of hydrogen-bond acceptors (Lipinski definition) is 7. The zero-order valence-corrected chi connectivity index (χ0v) is 21.0. The second kappa shape index (κ2) is 10.8. The summed E-state index contributed by atoms with van der Waals surface area (Å²) in [6.45, 7) is 5.99. The van der Waals surface area contributed by atoms with Crippen LogP contribution < -0.4 is 5.48 Å². The first kappa shape index (κ1) is 25.9. The Labute approximate surface area is 210 Å². The molecule has 3 saturated heterocycles.